The van der Waals surface area contributed by atoms with E-state index in [-0.39, 0.29) is 34.3 Å². The highest BCUT2D eigenvalue weighted by Crippen LogP contribution is 2.51. The second-order valence-electron chi connectivity index (χ2n) is 16.6. The van der Waals surface area contributed by atoms with E-state index in [9.17, 15) is 0 Å². The number of hydrogen-bond acceptors (Lipinski definition) is 4. The summed E-state index contributed by atoms with van der Waals surface area (Å²) in [5.74, 6) is 1.92. The van der Waals surface area contributed by atoms with E-state index in [1.807, 2.05) is 83.8 Å². The van der Waals surface area contributed by atoms with Crippen LogP contribution in [0.3, 0.4) is 0 Å². The standard InChI is InChI=1S/C58H46N4O/c1-58(2,3)44-29-33-53-55(36-44)61(57-48(41-19-9-5-10-20-41)25-16-26-49(57)42-21-11-6-12-22-42)39-60(53)45-23-15-24-46(37-45)63-47-30-31-50-51-35-43(40-17-7-4-8-18-40)28-32-52(51)62(54(50)38-47)56-27-13-14-34-59-56/h4-38H,39H2,1-3H3/i5D,6D,9D,10D,11D,12D,19D,20D,21D,22D. The van der Waals surface area contributed by atoms with Crippen molar-refractivity contribution in [2.75, 3.05) is 16.5 Å². The number of pyridine rings is 1. The zero-order valence-electron chi connectivity index (χ0n) is 44.8. The Morgan fingerprint density at radius 2 is 1.24 bits per heavy atom. The highest BCUT2D eigenvalue weighted by atomic mass is 16.5. The number of anilines is 4. The lowest BCUT2D eigenvalue weighted by Gasteiger charge is -2.28. The average molecular weight is 825 g/mol. The number of hydrogen-bond donors (Lipinski definition) is 0. The Morgan fingerprint density at radius 3 is 1.95 bits per heavy atom. The van der Waals surface area contributed by atoms with Gasteiger partial charge < -0.3 is 14.5 Å². The predicted octanol–water partition coefficient (Wildman–Crippen LogP) is 15.5. The Hall–Kier alpha value is -7.89. The van der Waals surface area contributed by atoms with Crippen molar-refractivity contribution >= 4 is 44.6 Å². The van der Waals surface area contributed by atoms with Crippen LogP contribution in [0.25, 0.3) is 61.0 Å². The molecule has 0 aliphatic carbocycles. The number of rotatable bonds is 8. The van der Waals surface area contributed by atoms with Gasteiger partial charge in [-0.15, -0.1) is 0 Å². The maximum absolute atomic E-state index is 9.14. The summed E-state index contributed by atoms with van der Waals surface area (Å²) >= 11 is 0. The molecular formula is C58H46N4O. The summed E-state index contributed by atoms with van der Waals surface area (Å²) in [4.78, 5) is 8.77. The molecule has 0 bridgehead atoms. The molecule has 0 spiro atoms. The number of aromatic nitrogens is 2. The fourth-order valence-corrected chi connectivity index (χ4v) is 8.61. The van der Waals surface area contributed by atoms with Crippen LogP contribution in [-0.4, -0.2) is 16.2 Å². The molecule has 5 heteroatoms. The van der Waals surface area contributed by atoms with Gasteiger partial charge in [-0.2, -0.15) is 0 Å². The molecule has 0 saturated carbocycles. The highest BCUT2D eigenvalue weighted by molar-refractivity contribution is 6.11. The highest BCUT2D eigenvalue weighted by Gasteiger charge is 2.33. The lowest BCUT2D eigenvalue weighted by molar-refractivity contribution is 0.483. The first-order valence-electron chi connectivity index (χ1n) is 25.8. The molecular weight excluding hydrogens is 769 g/mol. The van der Waals surface area contributed by atoms with Crippen LogP contribution < -0.4 is 14.5 Å². The predicted molar refractivity (Wildman–Crippen MR) is 262 cm³/mol. The molecule has 10 aromatic rings. The van der Waals surface area contributed by atoms with Gasteiger partial charge >= 0.3 is 0 Å². The van der Waals surface area contributed by atoms with Gasteiger partial charge in [0.1, 0.15) is 24.0 Å². The molecule has 1 aliphatic heterocycles. The molecule has 0 N–H and O–H groups in total. The minimum atomic E-state index is -0.551. The number of ether oxygens (including phenoxy) is 1. The van der Waals surface area contributed by atoms with E-state index in [1.54, 1.807) is 24.4 Å². The monoisotopic (exact) mass is 824 g/mol. The fraction of sp³-hybridized carbons (Fsp3) is 0.0862. The van der Waals surface area contributed by atoms with Crippen LogP contribution in [-0.2, 0) is 5.41 Å². The molecule has 8 aromatic carbocycles. The molecule has 0 amide bonds. The van der Waals surface area contributed by atoms with Gasteiger partial charge in [0.05, 0.1) is 41.8 Å². The Kier molecular flexibility index (Phi) is 7.05. The minimum Gasteiger partial charge on any atom is -0.457 e. The molecule has 0 atom stereocenters. The van der Waals surface area contributed by atoms with E-state index in [2.05, 4.69) is 78.8 Å². The average Bonchev–Trinajstić information content (AvgIpc) is 3.94. The van der Waals surface area contributed by atoms with Crippen LogP contribution >= 0.6 is 0 Å². The van der Waals surface area contributed by atoms with Crippen LogP contribution in [0.1, 0.15) is 40.0 Å². The van der Waals surface area contributed by atoms with Crippen LogP contribution in [0.4, 0.5) is 22.7 Å². The zero-order valence-corrected chi connectivity index (χ0v) is 34.8. The number of para-hydroxylation sites is 1. The number of nitrogens with zero attached hydrogens (tertiary/aromatic N) is 4. The van der Waals surface area contributed by atoms with Crippen molar-refractivity contribution in [3.8, 4) is 50.7 Å². The molecule has 0 saturated heterocycles. The third-order valence-electron chi connectivity index (χ3n) is 11.6. The van der Waals surface area contributed by atoms with Gasteiger partial charge in [-0.25, -0.2) is 4.98 Å². The van der Waals surface area contributed by atoms with Gasteiger partial charge in [0.15, 0.2) is 0 Å². The summed E-state index contributed by atoms with van der Waals surface area (Å²) in [5, 5.41) is 2.11. The summed E-state index contributed by atoms with van der Waals surface area (Å²) in [7, 11) is 0. The smallest absolute Gasteiger partial charge is 0.137 e. The van der Waals surface area contributed by atoms with Crippen molar-refractivity contribution < 1.29 is 18.4 Å². The summed E-state index contributed by atoms with van der Waals surface area (Å²) in [6.07, 6.45) is 1.78. The Labute approximate surface area is 382 Å². The van der Waals surface area contributed by atoms with E-state index in [4.69, 9.17) is 23.4 Å². The zero-order chi connectivity index (χ0) is 51.2. The molecule has 0 radical (unpaired) electrons. The van der Waals surface area contributed by atoms with E-state index in [0.717, 1.165) is 55.7 Å². The van der Waals surface area contributed by atoms with Gasteiger partial charge in [0, 0.05) is 45.9 Å². The Morgan fingerprint density at radius 1 is 0.524 bits per heavy atom. The van der Waals surface area contributed by atoms with Gasteiger partial charge in [0.25, 0.3) is 0 Å². The number of fused-ring (bicyclic) bond motifs is 4. The van der Waals surface area contributed by atoms with Crippen LogP contribution in [0.2, 0.25) is 0 Å². The third-order valence-corrected chi connectivity index (χ3v) is 11.6. The van der Waals surface area contributed by atoms with E-state index in [0.29, 0.717) is 22.9 Å². The SMILES string of the molecule is [2H]c1c([2H])c([2H])c(-c2cccc(-c3c([2H])c([2H])c([2H])c([2H])c3[2H])c2N2CN(c3cccc(Oc4ccc5c6cc(-c7ccccc7)ccc6n(-c6ccccn6)c5c4)c3)c3ccc(C(C)(C)C)cc32)c([2H])c1[2H]. The summed E-state index contributed by atoms with van der Waals surface area (Å²) in [5.41, 5.74) is 7.57. The van der Waals surface area contributed by atoms with Crippen molar-refractivity contribution in [3.05, 3.63) is 218 Å². The minimum absolute atomic E-state index is 0.0896. The van der Waals surface area contributed by atoms with Crippen molar-refractivity contribution in [2.45, 2.75) is 26.2 Å². The van der Waals surface area contributed by atoms with Crippen LogP contribution in [0, 0.1) is 0 Å². The van der Waals surface area contributed by atoms with Crippen molar-refractivity contribution in [3.63, 3.8) is 0 Å². The van der Waals surface area contributed by atoms with E-state index < -0.39 is 60.4 Å². The molecule has 3 heterocycles. The maximum Gasteiger partial charge on any atom is 0.137 e. The normalized spacial score (nSPS) is 14.8. The third kappa shape index (κ3) is 6.98. The van der Waals surface area contributed by atoms with Crippen molar-refractivity contribution in [1.29, 1.82) is 0 Å². The second-order valence-corrected chi connectivity index (χ2v) is 16.6. The summed E-state index contributed by atoms with van der Waals surface area (Å²) in [6, 6.07) is 42.5. The van der Waals surface area contributed by atoms with E-state index >= 15 is 0 Å². The van der Waals surface area contributed by atoms with Gasteiger partial charge in [0.2, 0.25) is 0 Å². The molecule has 11 rings (SSSR count). The van der Waals surface area contributed by atoms with Crippen molar-refractivity contribution in [1.82, 2.24) is 9.55 Å². The second kappa shape index (κ2) is 15.5. The first-order chi connectivity index (χ1) is 35.0. The molecule has 0 fully saturated rings. The molecule has 304 valence electrons. The first-order valence-corrected chi connectivity index (χ1v) is 20.8. The topological polar surface area (TPSA) is 33.5 Å². The Bertz CT molecular complexity index is 3730. The largest absolute Gasteiger partial charge is 0.457 e. The summed E-state index contributed by atoms with van der Waals surface area (Å²) < 4.78 is 96.9. The van der Waals surface area contributed by atoms with Gasteiger partial charge in [-0.05, 0) is 93.9 Å². The van der Waals surface area contributed by atoms with E-state index in [1.165, 1.54) is 0 Å². The van der Waals surface area contributed by atoms with Crippen LogP contribution in [0.15, 0.2) is 212 Å². The number of benzene rings is 8. The van der Waals surface area contributed by atoms with Gasteiger partial charge in [-0.1, -0.05) is 154 Å². The first kappa shape index (κ1) is 28.6. The maximum atomic E-state index is 9.14. The summed E-state index contributed by atoms with van der Waals surface area (Å²) in [6.45, 7) is 6.40. The lowest BCUT2D eigenvalue weighted by Crippen LogP contribution is -2.25. The van der Waals surface area contributed by atoms with Gasteiger partial charge in [-0.3, -0.25) is 4.57 Å². The molecule has 0 unspecified atom stereocenters. The molecule has 63 heavy (non-hydrogen) atoms. The quantitative estimate of drug-likeness (QED) is 0.153. The fourth-order valence-electron chi connectivity index (χ4n) is 8.61. The molecule has 5 nitrogen and oxygen atoms in total. The van der Waals surface area contributed by atoms with Crippen LogP contribution in [0.5, 0.6) is 11.5 Å². The molecule has 1 aliphatic rings. The molecule has 2 aromatic heterocycles. The lowest BCUT2D eigenvalue weighted by atomic mass is 9.86. The van der Waals surface area contributed by atoms with Crippen molar-refractivity contribution in [2.24, 2.45) is 0 Å². The Balaban J connectivity index is 1.06.